The van der Waals surface area contributed by atoms with Crippen molar-refractivity contribution in [1.82, 2.24) is 19.9 Å². The number of rotatable bonds is 7. The van der Waals surface area contributed by atoms with Crippen molar-refractivity contribution in [2.75, 3.05) is 73.9 Å². The van der Waals surface area contributed by atoms with Gasteiger partial charge in [0.25, 0.3) is 0 Å². The zero-order valence-corrected chi connectivity index (χ0v) is 22.1. The average molecular weight is 531 g/mol. The van der Waals surface area contributed by atoms with E-state index in [4.69, 9.17) is 4.74 Å². The molecule has 3 aliphatic rings. The van der Waals surface area contributed by atoms with Crippen LogP contribution in [0.4, 0.5) is 23.0 Å². The maximum Gasteiger partial charge on any atom is 0.230 e. The van der Waals surface area contributed by atoms with Crippen LogP contribution in [0.5, 0.6) is 0 Å². The van der Waals surface area contributed by atoms with E-state index in [1.165, 1.54) is 12.0 Å². The van der Waals surface area contributed by atoms with Gasteiger partial charge in [0.2, 0.25) is 5.95 Å². The van der Waals surface area contributed by atoms with Gasteiger partial charge in [0, 0.05) is 73.3 Å². The lowest BCUT2D eigenvalue weighted by Gasteiger charge is -2.43. The number of aromatic nitrogens is 3. The van der Waals surface area contributed by atoms with E-state index in [0.717, 1.165) is 56.3 Å². The number of benzene rings is 2. The fraction of sp³-hybridized carbons (Fsp3) is 0.407. The van der Waals surface area contributed by atoms with Crippen molar-refractivity contribution in [2.45, 2.75) is 11.3 Å². The molecule has 3 fully saturated rings. The van der Waals surface area contributed by atoms with Crippen molar-refractivity contribution >= 4 is 33.8 Å². The van der Waals surface area contributed by atoms with Crippen molar-refractivity contribution in [3.05, 3.63) is 54.4 Å². The highest BCUT2D eigenvalue weighted by Gasteiger charge is 2.31. The van der Waals surface area contributed by atoms with Gasteiger partial charge in [0.1, 0.15) is 12.4 Å². The molecule has 10 nitrogen and oxygen atoms in total. The van der Waals surface area contributed by atoms with Gasteiger partial charge in [-0.05, 0) is 42.5 Å². The molecule has 0 saturated carbocycles. The molecule has 1 unspecified atom stereocenters. The van der Waals surface area contributed by atoms with Gasteiger partial charge >= 0.3 is 0 Å². The van der Waals surface area contributed by atoms with Crippen LogP contribution in [0.2, 0.25) is 0 Å². The van der Waals surface area contributed by atoms with Crippen molar-refractivity contribution in [3.8, 4) is 17.5 Å². The van der Waals surface area contributed by atoms with Crippen LogP contribution >= 0.6 is 0 Å². The Morgan fingerprint density at radius 2 is 1.79 bits per heavy atom. The van der Waals surface area contributed by atoms with Gasteiger partial charge < -0.3 is 19.9 Å². The lowest BCUT2D eigenvalue weighted by Crippen LogP contribution is -2.56. The molecule has 11 heteroatoms. The van der Waals surface area contributed by atoms with E-state index < -0.39 is 10.8 Å². The highest BCUT2D eigenvalue weighted by atomic mass is 32.2. The Bertz CT molecular complexity index is 1360. The first-order valence-corrected chi connectivity index (χ1v) is 14.4. The monoisotopic (exact) mass is 530 g/mol. The fourth-order valence-corrected chi connectivity index (χ4v) is 5.82. The van der Waals surface area contributed by atoms with E-state index in [1.807, 2.05) is 24.3 Å². The molecule has 38 heavy (non-hydrogen) atoms. The Kier molecular flexibility index (Phi) is 6.93. The molecule has 1 N–H and O–H groups in total. The summed E-state index contributed by atoms with van der Waals surface area (Å²) < 4.78 is 17.0. The van der Waals surface area contributed by atoms with Gasteiger partial charge in [-0.3, -0.25) is 9.11 Å². The molecule has 1 atom stereocenters. The number of hydrogen-bond donors (Lipinski definition) is 1. The summed E-state index contributed by atoms with van der Waals surface area (Å²) in [6, 6.07) is 16.8. The summed E-state index contributed by atoms with van der Waals surface area (Å²) in [5, 5.41) is 13.2. The molecular formula is C27H30N8O2S. The first kappa shape index (κ1) is 24.7. The van der Waals surface area contributed by atoms with Gasteiger partial charge in [-0.2, -0.15) is 10.2 Å². The fourth-order valence-electron chi connectivity index (χ4n) is 5.04. The molecule has 3 aromatic rings. The Balaban J connectivity index is 1.10. The van der Waals surface area contributed by atoms with E-state index in [9.17, 15) is 9.47 Å². The van der Waals surface area contributed by atoms with Gasteiger partial charge in [0.05, 0.1) is 35.8 Å². The second-order valence-corrected chi connectivity index (χ2v) is 11.6. The van der Waals surface area contributed by atoms with Crippen LogP contribution in [0.3, 0.4) is 0 Å². The largest absolute Gasteiger partial charge is 0.378 e. The number of nitriles is 1. The molecule has 0 aliphatic carbocycles. The normalized spacial score (nSPS) is 19.4. The van der Waals surface area contributed by atoms with Gasteiger partial charge in [-0.25, -0.2) is 9.97 Å². The van der Waals surface area contributed by atoms with Crippen molar-refractivity contribution in [2.24, 2.45) is 0 Å². The standard InChI is InChI=1S/C27H30N8O2S/c1-38(36)24-14-35(15-24)25-7-2-19(12-20(25)13-28)26-29-18-30-27(32-26)31-21-3-5-22(6-4-21)33-8-10-34(11-9-33)23-16-37-17-23/h2-7,12,18,23-24H,8-11,14-17H2,1H3,(H,29,30,31,32). The van der Waals surface area contributed by atoms with Crippen LogP contribution in [0.25, 0.3) is 11.4 Å². The molecule has 0 bridgehead atoms. The predicted octanol–water partition coefficient (Wildman–Crippen LogP) is 2.24. The molecule has 3 aliphatic heterocycles. The van der Waals surface area contributed by atoms with E-state index in [1.54, 1.807) is 12.3 Å². The second kappa shape index (κ2) is 10.6. The third kappa shape index (κ3) is 5.07. The van der Waals surface area contributed by atoms with E-state index >= 15 is 0 Å². The third-order valence-electron chi connectivity index (χ3n) is 7.54. The van der Waals surface area contributed by atoms with Crippen LogP contribution < -0.4 is 15.1 Å². The second-order valence-electron chi connectivity index (χ2n) is 9.89. The molecule has 4 heterocycles. The number of hydrogen-bond acceptors (Lipinski definition) is 10. The minimum absolute atomic E-state index is 0.158. The topological polar surface area (TPSA) is 111 Å². The van der Waals surface area contributed by atoms with Gasteiger partial charge in [-0.15, -0.1) is 0 Å². The first-order chi connectivity index (χ1) is 18.6. The quantitative estimate of drug-likeness (QED) is 0.488. The van der Waals surface area contributed by atoms with Crippen LogP contribution in [0.1, 0.15) is 5.56 Å². The van der Waals surface area contributed by atoms with E-state index in [-0.39, 0.29) is 5.25 Å². The minimum atomic E-state index is -0.851. The first-order valence-electron chi connectivity index (χ1n) is 12.8. The molecule has 0 spiro atoms. The molecule has 2 aromatic carbocycles. The summed E-state index contributed by atoms with van der Waals surface area (Å²) >= 11 is 0. The zero-order chi connectivity index (χ0) is 26.1. The number of anilines is 4. The van der Waals surface area contributed by atoms with Crippen molar-refractivity contribution in [1.29, 1.82) is 5.26 Å². The van der Waals surface area contributed by atoms with Gasteiger partial charge in [-0.1, -0.05) is 0 Å². The van der Waals surface area contributed by atoms with Gasteiger partial charge in [0.15, 0.2) is 5.82 Å². The van der Waals surface area contributed by atoms with Crippen LogP contribution in [-0.4, -0.2) is 94.1 Å². The number of piperazine rings is 1. The predicted molar refractivity (Wildman–Crippen MR) is 148 cm³/mol. The molecule has 1 aromatic heterocycles. The molecule has 0 radical (unpaired) electrons. The summed E-state index contributed by atoms with van der Waals surface area (Å²) in [6.07, 6.45) is 3.20. The zero-order valence-electron chi connectivity index (χ0n) is 21.3. The van der Waals surface area contributed by atoms with Crippen LogP contribution in [0.15, 0.2) is 48.8 Å². The smallest absolute Gasteiger partial charge is 0.230 e. The lowest BCUT2D eigenvalue weighted by molar-refractivity contribution is -0.0660. The Hall–Kier alpha value is -3.59. The highest BCUT2D eigenvalue weighted by molar-refractivity contribution is 7.85. The van der Waals surface area contributed by atoms with Crippen molar-refractivity contribution < 1.29 is 8.95 Å². The van der Waals surface area contributed by atoms with Crippen molar-refractivity contribution in [3.63, 3.8) is 0 Å². The number of ether oxygens (including phenoxy) is 1. The average Bonchev–Trinajstić information content (AvgIpc) is 2.88. The molecule has 3 saturated heterocycles. The number of nitrogens with zero attached hydrogens (tertiary/aromatic N) is 7. The highest BCUT2D eigenvalue weighted by Crippen LogP contribution is 2.30. The minimum Gasteiger partial charge on any atom is -0.378 e. The Morgan fingerprint density at radius 3 is 2.45 bits per heavy atom. The molecule has 196 valence electrons. The Labute approximate surface area is 224 Å². The summed E-state index contributed by atoms with van der Waals surface area (Å²) in [6.45, 7) is 7.28. The van der Waals surface area contributed by atoms with Crippen LogP contribution in [0, 0.1) is 11.3 Å². The van der Waals surface area contributed by atoms with E-state index in [0.29, 0.717) is 36.5 Å². The lowest BCUT2D eigenvalue weighted by atomic mass is 10.0. The van der Waals surface area contributed by atoms with E-state index in [2.05, 4.69) is 53.2 Å². The maximum atomic E-state index is 11.7. The van der Waals surface area contributed by atoms with Crippen LogP contribution in [-0.2, 0) is 15.5 Å². The third-order valence-corrected chi connectivity index (χ3v) is 8.78. The molecule has 0 amide bonds. The number of nitrogens with one attached hydrogen (secondary N) is 1. The summed E-state index contributed by atoms with van der Waals surface area (Å²) in [5.74, 6) is 0.936. The SMILES string of the molecule is CS(=O)C1CN(c2ccc(-c3ncnc(Nc4ccc(N5CCN(C6COC6)CC5)cc4)n3)cc2C#N)C1. The molecule has 6 rings (SSSR count). The summed E-state index contributed by atoms with van der Waals surface area (Å²) in [5.41, 5.74) is 4.25. The maximum absolute atomic E-state index is 11.7. The summed E-state index contributed by atoms with van der Waals surface area (Å²) in [7, 11) is -0.851. The Morgan fingerprint density at radius 1 is 1.03 bits per heavy atom. The molecular weight excluding hydrogens is 500 g/mol. The summed E-state index contributed by atoms with van der Waals surface area (Å²) in [4.78, 5) is 20.2.